The van der Waals surface area contributed by atoms with E-state index in [9.17, 15) is 12.8 Å². The molecule has 1 N–H and O–H groups in total. The molecule has 3 aromatic rings. The van der Waals surface area contributed by atoms with E-state index in [1.54, 1.807) is 23.9 Å². The number of hydrogen-bond donors (Lipinski definition) is 1. The number of sulfonamides is 1. The van der Waals surface area contributed by atoms with E-state index < -0.39 is 21.9 Å². The molecule has 0 aliphatic rings. The quantitative estimate of drug-likeness (QED) is 0.750. The fourth-order valence-electron chi connectivity index (χ4n) is 2.69. The highest BCUT2D eigenvalue weighted by Gasteiger charge is 2.31. The van der Waals surface area contributed by atoms with Crippen LogP contribution in [0.15, 0.2) is 46.1 Å². The molecule has 0 spiro atoms. The molecule has 1 atom stereocenters. The van der Waals surface area contributed by atoms with Gasteiger partial charge in [-0.15, -0.1) is 0 Å². The Morgan fingerprint density at radius 3 is 2.56 bits per heavy atom. The van der Waals surface area contributed by atoms with Gasteiger partial charge in [-0.2, -0.15) is 4.72 Å². The lowest BCUT2D eigenvalue weighted by Gasteiger charge is -2.19. The smallest absolute Gasteiger partial charge is 0.246 e. The van der Waals surface area contributed by atoms with Crippen molar-refractivity contribution in [3.8, 4) is 0 Å². The van der Waals surface area contributed by atoms with Gasteiger partial charge in [0.15, 0.2) is 5.76 Å². The molecule has 0 aliphatic heterocycles. The Morgan fingerprint density at radius 2 is 2.00 bits per heavy atom. The molecule has 0 bridgehead atoms. The van der Waals surface area contributed by atoms with Gasteiger partial charge in [0, 0.05) is 25.0 Å². The number of imidazole rings is 1. The molecular formula is C16H17FN4O3S. The summed E-state index contributed by atoms with van der Waals surface area (Å²) in [4.78, 5) is 4.12. The molecule has 25 heavy (non-hydrogen) atoms. The van der Waals surface area contributed by atoms with Gasteiger partial charge in [-0.3, -0.25) is 0 Å². The largest absolute Gasteiger partial charge is 0.360 e. The van der Waals surface area contributed by atoms with Gasteiger partial charge >= 0.3 is 0 Å². The molecule has 0 radical (unpaired) electrons. The van der Waals surface area contributed by atoms with E-state index in [1.165, 1.54) is 38.2 Å². The summed E-state index contributed by atoms with van der Waals surface area (Å²) in [5.74, 6) is -0.00507. The normalized spacial score (nSPS) is 13.1. The van der Waals surface area contributed by atoms with Crippen LogP contribution in [0.5, 0.6) is 0 Å². The van der Waals surface area contributed by atoms with Crippen molar-refractivity contribution in [1.29, 1.82) is 0 Å². The van der Waals surface area contributed by atoms with Gasteiger partial charge in [0.1, 0.15) is 28.3 Å². The molecule has 0 amide bonds. The third kappa shape index (κ3) is 3.20. The number of nitrogens with one attached hydrogen (secondary N) is 1. The highest BCUT2D eigenvalue weighted by atomic mass is 32.2. The average Bonchev–Trinajstić information content (AvgIpc) is 3.11. The number of aryl methyl sites for hydroxylation is 3. The number of rotatable bonds is 5. The van der Waals surface area contributed by atoms with Crippen LogP contribution in [-0.4, -0.2) is 23.1 Å². The second-order valence-electron chi connectivity index (χ2n) is 5.63. The summed E-state index contributed by atoms with van der Waals surface area (Å²) in [5, 5.41) is 3.67. The van der Waals surface area contributed by atoms with E-state index in [1.807, 2.05) is 0 Å². The summed E-state index contributed by atoms with van der Waals surface area (Å²) in [6, 6.07) is 4.97. The molecule has 1 aromatic carbocycles. The molecule has 2 heterocycles. The van der Waals surface area contributed by atoms with E-state index >= 15 is 0 Å². The van der Waals surface area contributed by atoms with Crippen LogP contribution in [0.1, 0.15) is 28.9 Å². The van der Waals surface area contributed by atoms with Crippen LogP contribution >= 0.6 is 0 Å². The van der Waals surface area contributed by atoms with Gasteiger partial charge < -0.3 is 9.09 Å². The van der Waals surface area contributed by atoms with Crippen LogP contribution in [0.2, 0.25) is 0 Å². The zero-order valence-electron chi connectivity index (χ0n) is 13.9. The predicted molar refractivity (Wildman–Crippen MR) is 87.7 cm³/mol. The van der Waals surface area contributed by atoms with E-state index in [2.05, 4.69) is 14.9 Å². The molecule has 1 unspecified atom stereocenters. The molecule has 0 saturated heterocycles. The lowest BCUT2D eigenvalue weighted by atomic mass is 10.1. The van der Waals surface area contributed by atoms with Crippen LogP contribution in [0.3, 0.4) is 0 Å². The Morgan fingerprint density at radius 1 is 1.28 bits per heavy atom. The topological polar surface area (TPSA) is 90.0 Å². The van der Waals surface area contributed by atoms with Crippen molar-refractivity contribution in [2.24, 2.45) is 7.05 Å². The number of aromatic nitrogens is 3. The number of hydrogen-bond acceptors (Lipinski definition) is 5. The highest BCUT2D eigenvalue weighted by Crippen LogP contribution is 2.27. The fraction of sp³-hybridized carbons (Fsp3) is 0.250. The van der Waals surface area contributed by atoms with Crippen LogP contribution in [0.4, 0.5) is 4.39 Å². The minimum atomic E-state index is -4.01. The van der Waals surface area contributed by atoms with Crippen molar-refractivity contribution in [3.63, 3.8) is 0 Å². The molecule has 3 rings (SSSR count). The first-order valence-corrected chi connectivity index (χ1v) is 8.96. The van der Waals surface area contributed by atoms with Crippen molar-refractivity contribution in [2.75, 3.05) is 0 Å². The van der Waals surface area contributed by atoms with Crippen molar-refractivity contribution >= 4 is 10.0 Å². The van der Waals surface area contributed by atoms with Gasteiger partial charge in [0.2, 0.25) is 10.0 Å². The monoisotopic (exact) mass is 364 g/mol. The highest BCUT2D eigenvalue weighted by molar-refractivity contribution is 7.89. The summed E-state index contributed by atoms with van der Waals surface area (Å²) >= 11 is 0. The van der Waals surface area contributed by atoms with E-state index in [0.717, 1.165) is 0 Å². The van der Waals surface area contributed by atoms with Gasteiger partial charge in [-0.05, 0) is 19.9 Å². The van der Waals surface area contributed by atoms with Crippen LogP contribution in [0.25, 0.3) is 0 Å². The molecule has 0 saturated carbocycles. The van der Waals surface area contributed by atoms with Gasteiger partial charge in [-0.1, -0.05) is 23.4 Å². The predicted octanol–water partition coefficient (Wildman–Crippen LogP) is 2.23. The molecule has 0 aliphatic carbocycles. The Hall–Kier alpha value is -2.52. The van der Waals surface area contributed by atoms with Crippen LogP contribution in [-0.2, 0) is 17.1 Å². The zero-order chi connectivity index (χ0) is 18.2. The molecule has 9 heteroatoms. The lowest BCUT2D eigenvalue weighted by molar-refractivity contribution is 0.390. The third-order valence-electron chi connectivity index (χ3n) is 3.84. The number of benzene rings is 1. The van der Waals surface area contributed by atoms with Gasteiger partial charge in [-0.25, -0.2) is 17.8 Å². The summed E-state index contributed by atoms with van der Waals surface area (Å²) in [5.41, 5.74) is 0.407. The van der Waals surface area contributed by atoms with Crippen LogP contribution < -0.4 is 4.72 Å². The third-order valence-corrected chi connectivity index (χ3v) is 5.51. The second-order valence-corrected chi connectivity index (χ2v) is 7.28. The molecule has 132 valence electrons. The van der Waals surface area contributed by atoms with Gasteiger partial charge in [0.05, 0.1) is 0 Å². The zero-order valence-corrected chi connectivity index (χ0v) is 14.7. The fourth-order valence-corrected chi connectivity index (χ4v) is 4.19. The molecule has 2 aromatic heterocycles. The summed E-state index contributed by atoms with van der Waals surface area (Å²) in [7, 11) is -2.30. The Kier molecular flexibility index (Phi) is 4.44. The first-order chi connectivity index (χ1) is 11.8. The maximum atomic E-state index is 14.3. The standard InChI is InChI=1S/C16H17FN4O3S/c1-10-15(11(2)24-19-10)25(22,23)20-14(16-18-8-9-21(16)3)12-6-4-5-7-13(12)17/h4-9,14,20H,1-3H3. The Labute approximate surface area is 144 Å². The molecule has 0 fully saturated rings. The summed E-state index contributed by atoms with van der Waals surface area (Å²) in [6.07, 6.45) is 3.18. The van der Waals surface area contributed by atoms with Gasteiger partial charge in [0.25, 0.3) is 0 Å². The first-order valence-electron chi connectivity index (χ1n) is 7.48. The average molecular weight is 364 g/mol. The molecular weight excluding hydrogens is 347 g/mol. The first kappa shape index (κ1) is 17.3. The van der Waals surface area contributed by atoms with E-state index in [-0.39, 0.29) is 21.9 Å². The maximum Gasteiger partial charge on any atom is 0.246 e. The molecule has 7 nitrogen and oxygen atoms in total. The van der Waals surface area contributed by atoms with Crippen molar-refractivity contribution in [3.05, 3.63) is 65.3 Å². The SMILES string of the molecule is Cc1noc(C)c1S(=O)(=O)NC(c1ccccc1F)c1nccn1C. The lowest BCUT2D eigenvalue weighted by Crippen LogP contribution is -2.32. The minimum Gasteiger partial charge on any atom is -0.360 e. The van der Waals surface area contributed by atoms with Crippen LogP contribution in [0, 0.1) is 19.7 Å². The van der Waals surface area contributed by atoms with Crippen molar-refractivity contribution < 1.29 is 17.3 Å². The van der Waals surface area contributed by atoms with Crippen molar-refractivity contribution in [2.45, 2.75) is 24.8 Å². The Bertz CT molecular complexity index is 991. The number of halogens is 1. The van der Waals surface area contributed by atoms with E-state index in [0.29, 0.717) is 5.82 Å². The summed E-state index contributed by atoms with van der Waals surface area (Å²) in [6.45, 7) is 3.04. The van der Waals surface area contributed by atoms with E-state index in [4.69, 9.17) is 4.52 Å². The van der Waals surface area contributed by atoms with Crippen molar-refractivity contribution in [1.82, 2.24) is 19.4 Å². The maximum absolute atomic E-state index is 14.3. The second kappa shape index (κ2) is 6.41. The number of nitrogens with zero attached hydrogens (tertiary/aromatic N) is 3. The summed E-state index contributed by atoms with van der Waals surface area (Å²) < 4.78 is 49.2. The Balaban J connectivity index is 2.11. The minimum absolute atomic E-state index is 0.0527.